The van der Waals surface area contributed by atoms with Gasteiger partial charge in [-0.25, -0.2) is 4.79 Å². The van der Waals surface area contributed by atoms with Gasteiger partial charge in [0.2, 0.25) is 6.29 Å². The molecule has 0 aromatic heterocycles. The van der Waals surface area contributed by atoms with Crippen molar-refractivity contribution in [1.29, 1.82) is 0 Å². The first-order chi connectivity index (χ1) is 4.57. The SMILES string of the molecule is O=CC(O)O[C@@H](O)C(=O)O. The lowest BCUT2D eigenvalue weighted by Crippen LogP contribution is -2.29. The van der Waals surface area contributed by atoms with Gasteiger partial charge in [0.15, 0.2) is 6.29 Å². The molecule has 0 aliphatic rings. The average Bonchev–Trinajstić information content (AvgIpc) is 1.87. The zero-order valence-electron chi connectivity index (χ0n) is 4.80. The van der Waals surface area contributed by atoms with Crippen LogP contribution in [0.2, 0.25) is 0 Å². The van der Waals surface area contributed by atoms with Crippen molar-refractivity contribution in [1.82, 2.24) is 0 Å². The van der Waals surface area contributed by atoms with Gasteiger partial charge < -0.3 is 20.1 Å². The standard InChI is InChI=1S/C4H6O6/c5-1-2(6)10-4(9)3(7)8/h1-2,4,6,9H,(H,7,8)/t2?,4-/m1/s1. The topological polar surface area (TPSA) is 104 Å². The van der Waals surface area contributed by atoms with Crippen LogP contribution in [-0.2, 0) is 14.3 Å². The van der Waals surface area contributed by atoms with E-state index in [1.807, 2.05) is 0 Å². The first-order valence-corrected chi connectivity index (χ1v) is 2.27. The number of aliphatic hydroxyl groups is 2. The van der Waals surface area contributed by atoms with Crippen molar-refractivity contribution in [3.05, 3.63) is 0 Å². The lowest BCUT2D eigenvalue weighted by molar-refractivity contribution is -0.213. The van der Waals surface area contributed by atoms with E-state index in [1.165, 1.54) is 0 Å². The van der Waals surface area contributed by atoms with Gasteiger partial charge in [0.25, 0.3) is 6.29 Å². The van der Waals surface area contributed by atoms with Gasteiger partial charge in [0.1, 0.15) is 0 Å². The second kappa shape index (κ2) is 3.94. The maximum atomic E-state index is 9.75. The van der Waals surface area contributed by atoms with Crippen molar-refractivity contribution in [2.24, 2.45) is 0 Å². The number of ether oxygens (including phenoxy) is 1. The summed E-state index contributed by atoms with van der Waals surface area (Å²) in [6, 6.07) is 0. The summed E-state index contributed by atoms with van der Waals surface area (Å²) in [4.78, 5) is 19.3. The normalized spacial score (nSPS) is 15.8. The van der Waals surface area contributed by atoms with Crippen LogP contribution in [0.25, 0.3) is 0 Å². The minimum Gasteiger partial charge on any atom is -0.477 e. The highest BCUT2D eigenvalue weighted by Gasteiger charge is 2.17. The van der Waals surface area contributed by atoms with Crippen LogP contribution >= 0.6 is 0 Å². The lowest BCUT2D eigenvalue weighted by atomic mass is 10.6. The third-order valence-electron chi connectivity index (χ3n) is 0.596. The molecule has 3 N–H and O–H groups in total. The Kier molecular flexibility index (Phi) is 3.55. The second-order valence-electron chi connectivity index (χ2n) is 1.35. The molecule has 0 fully saturated rings. The number of aliphatic carboxylic acids is 1. The van der Waals surface area contributed by atoms with E-state index in [0.29, 0.717) is 0 Å². The van der Waals surface area contributed by atoms with Crippen LogP contribution < -0.4 is 0 Å². The van der Waals surface area contributed by atoms with Crippen molar-refractivity contribution < 1.29 is 29.6 Å². The second-order valence-corrected chi connectivity index (χ2v) is 1.35. The number of carboxylic acid groups (broad SMARTS) is 1. The van der Waals surface area contributed by atoms with Crippen LogP contribution in [0.5, 0.6) is 0 Å². The predicted octanol–water partition coefficient (Wildman–Crippen LogP) is -2.08. The fraction of sp³-hybridized carbons (Fsp3) is 0.500. The summed E-state index contributed by atoms with van der Waals surface area (Å²) in [5.74, 6) is -1.67. The Morgan fingerprint density at radius 2 is 2.00 bits per heavy atom. The summed E-state index contributed by atoms with van der Waals surface area (Å²) >= 11 is 0. The van der Waals surface area contributed by atoms with Gasteiger partial charge in [-0.2, -0.15) is 0 Å². The number of aldehydes is 1. The van der Waals surface area contributed by atoms with Crippen LogP contribution in [0.4, 0.5) is 0 Å². The number of hydrogen-bond acceptors (Lipinski definition) is 5. The van der Waals surface area contributed by atoms with Gasteiger partial charge >= 0.3 is 5.97 Å². The maximum Gasteiger partial charge on any atom is 0.360 e. The molecule has 0 saturated heterocycles. The molecule has 0 spiro atoms. The molecule has 0 aliphatic heterocycles. The van der Waals surface area contributed by atoms with Gasteiger partial charge in [-0.1, -0.05) is 0 Å². The molecule has 58 valence electrons. The fourth-order valence-corrected chi connectivity index (χ4v) is 0.222. The number of aliphatic hydroxyl groups excluding tert-OH is 2. The van der Waals surface area contributed by atoms with Gasteiger partial charge in [-0.15, -0.1) is 0 Å². The van der Waals surface area contributed by atoms with E-state index in [9.17, 15) is 9.59 Å². The first-order valence-electron chi connectivity index (χ1n) is 2.27. The van der Waals surface area contributed by atoms with Gasteiger partial charge in [-0.05, 0) is 0 Å². The largest absolute Gasteiger partial charge is 0.477 e. The predicted molar refractivity (Wildman–Crippen MR) is 26.8 cm³/mol. The zero-order chi connectivity index (χ0) is 8.15. The van der Waals surface area contributed by atoms with E-state index in [-0.39, 0.29) is 6.29 Å². The number of carbonyl (C=O) groups is 2. The molecule has 2 atom stereocenters. The zero-order valence-corrected chi connectivity index (χ0v) is 4.80. The Hall–Kier alpha value is -0.980. The Bertz CT molecular complexity index is 132. The molecule has 0 saturated carbocycles. The van der Waals surface area contributed by atoms with E-state index < -0.39 is 18.5 Å². The third-order valence-corrected chi connectivity index (χ3v) is 0.596. The summed E-state index contributed by atoms with van der Waals surface area (Å²) in [6.45, 7) is 0. The van der Waals surface area contributed by atoms with Crippen LogP contribution in [0.15, 0.2) is 0 Å². The molecule has 10 heavy (non-hydrogen) atoms. The average molecular weight is 150 g/mol. The summed E-state index contributed by atoms with van der Waals surface area (Å²) in [6.07, 6.45) is -4.11. The van der Waals surface area contributed by atoms with E-state index >= 15 is 0 Å². The third kappa shape index (κ3) is 3.13. The Balaban J connectivity index is 3.67. The summed E-state index contributed by atoms with van der Waals surface area (Å²) in [5, 5.41) is 24.5. The quantitative estimate of drug-likeness (QED) is 0.314. The van der Waals surface area contributed by atoms with Gasteiger partial charge in [0.05, 0.1) is 0 Å². The summed E-state index contributed by atoms with van der Waals surface area (Å²) in [5.41, 5.74) is 0. The Labute approximate surface area is 55.7 Å². The number of hydrogen-bond donors (Lipinski definition) is 3. The molecule has 0 bridgehead atoms. The lowest BCUT2D eigenvalue weighted by Gasteiger charge is -2.07. The minimum atomic E-state index is -2.17. The monoisotopic (exact) mass is 150 g/mol. The number of carboxylic acids is 1. The van der Waals surface area contributed by atoms with E-state index in [0.717, 1.165) is 0 Å². The van der Waals surface area contributed by atoms with Crippen molar-refractivity contribution in [2.75, 3.05) is 0 Å². The smallest absolute Gasteiger partial charge is 0.360 e. The van der Waals surface area contributed by atoms with Crippen LogP contribution in [0.3, 0.4) is 0 Å². The van der Waals surface area contributed by atoms with Crippen molar-refractivity contribution >= 4 is 12.3 Å². The molecule has 6 heteroatoms. The Morgan fingerprint density at radius 3 is 2.30 bits per heavy atom. The minimum absolute atomic E-state index is 0.0494. The van der Waals surface area contributed by atoms with E-state index in [4.69, 9.17) is 15.3 Å². The molecule has 0 aliphatic carbocycles. The Morgan fingerprint density at radius 1 is 1.50 bits per heavy atom. The van der Waals surface area contributed by atoms with E-state index in [1.54, 1.807) is 0 Å². The fourth-order valence-electron chi connectivity index (χ4n) is 0.222. The molecular formula is C4H6O6. The highest BCUT2D eigenvalue weighted by atomic mass is 16.7. The number of rotatable bonds is 4. The molecule has 0 radical (unpaired) electrons. The van der Waals surface area contributed by atoms with Crippen molar-refractivity contribution in [3.8, 4) is 0 Å². The van der Waals surface area contributed by atoms with E-state index in [2.05, 4.69) is 4.74 Å². The molecule has 0 amide bonds. The molecule has 1 unspecified atom stereocenters. The maximum absolute atomic E-state index is 9.75. The highest BCUT2D eigenvalue weighted by Crippen LogP contribution is 1.89. The molecule has 0 aromatic rings. The van der Waals surface area contributed by atoms with Gasteiger partial charge in [0, 0.05) is 0 Å². The van der Waals surface area contributed by atoms with Crippen LogP contribution in [-0.4, -0.2) is 40.2 Å². The first kappa shape index (κ1) is 9.02. The molecule has 6 nitrogen and oxygen atoms in total. The summed E-state index contributed by atoms with van der Waals surface area (Å²) < 4.78 is 3.80. The molecule has 0 heterocycles. The summed E-state index contributed by atoms with van der Waals surface area (Å²) in [7, 11) is 0. The van der Waals surface area contributed by atoms with Crippen molar-refractivity contribution in [2.45, 2.75) is 12.6 Å². The van der Waals surface area contributed by atoms with Crippen LogP contribution in [0.1, 0.15) is 0 Å². The number of carbonyl (C=O) groups excluding carboxylic acids is 1. The molecule has 0 aromatic carbocycles. The van der Waals surface area contributed by atoms with Crippen LogP contribution in [0, 0.1) is 0 Å². The molecular weight excluding hydrogens is 144 g/mol. The van der Waals surface area contributed by atoms with Crippen molar-refractivity contribution in [3.63, 3.8) is 0 Å². The van der Waals surface area contributed by atoms with Gasteiger partial charge in [-0.3, -0.25) is 4.79 Å². The molecule has 0 rings (SSSR count). The highest BCUT2D eigenvalue weighted by molar-refractivity contribution is 5.70.